The molecule has 2 aromatic rings. The zero-order valence-corrected chi connectivity index (χ0v) is 11.5. The van der Waals surface area contributed by atoms with Gasteiger partial charge in [0.15, 0.2) is 12.4 Å². The molecule has 1 atom stereocenters. The number of aliphatic imine (C=N–C) groups is 1. The van der Waals surface area contributed by atoms with E-state index in [1.165, 1.54) is 11.1 Å². The van der Waals surface area contributed by atoms with Gasteiger partial charge in [-0.15, -0.1) is 0 Å². The SMILES string of the molecule is Cc1ccc(C2=Nc3ccccc3C(C=O)O2)cc1C. The molecule has 0 spiro atoms. The Morgan fingerprint density at radius 2 is 1.90 bits per heavy atom. The zero-order valence-electron chi connectivity index (χ0n) is 11.5. The van der Waals surface area contributed by atoms with E-state index >= 15 is 0 Å². The number of aryl methyl sites for hydroxylation is 2. The molecule has 1 aliphatic rings. The Morgan fingerprint density at radius 1 is 1.10 bits per heavy atom. The van der Waals surface area contributed by atoms with Crippen LogP contribution >= 0.6 is 0 Å². The first-order valence-electron chi connectivity index (χ1n) is 6.56. The average molecular weight is 265 g/mol. The Kier molecular flexibility index (Phi) is 3.11. The van der Waals surface area contributed by atoms with Gasteiger partial charge in [0.25, 0.3) is 0 Å². The van der Waals surface area contributed by atoms with Crippen molar-refractivity contribution in [1.29, 1.82) is 0 Å². The summed E-state index contributed by atoms with van der Waals surface area (Å²) in [6.45, 7) is 4.11. The van der Waals surface area contributed by atoms with Gasteiger partial charge in [-0.25, -0.2) is 4.99 Å². The van der Waals surface area contributed by atoms with E-state index in [1.807, 2.05) is 49.4 Å². The highest BCUT2D eigenvalue weighted by atomic mass is 16.5. The Hall–Kier alpha value is -2.42. The van der Waals surface area contributed by atoms with Crippen molar-refractivity contribution in [3.8, 4) is 0 Å². The number of carbonyl (C=O) groups is 1. The highest BCUT2D eigenvalue weighted by molar-refractivity contribution is 5.98. The third-order valence-electron chi connectivity index (χ3n) is 3.58. The number of aldehydes is 1. The van der Waals surface area contributed by atoms with Crippen molar-refractivity contribution in [3.63, 3.8) is 0 Å². The molecule has 2 aromatic carbocycles. The first-order valence-corrected chi connectivity index (χ1v) is 6.56. The number of hydrogen-bond donors (Lipinski definition) is 0. The second-order valence-corrected chi connectivity index (χ2v) is 4.95. The van der Waals surface area contributed by atoms with Gasteiger partial charge in [0, 0.05) is 11.1 Å². The third-order valence-corrected chi connectivity index (χ3v) is 3.58. The number of carbonyl (C=O) groups excluding carboxylic acids is 1. The van der Waals surface area contributed by atoms with E-state index in [1.54, 1.807) is 0 Å². The molecule has 3 rings (SSSR count). The first-order chi connectivity index (χ1) is 9.69. The van der Waals surface area contributed by atoms with Crippen molar-refractivity contribution in [2.75, 3.05) is 0 Å². The number of benzene rings is 2. The van der Waals surface area contributed by atoms with Crippen molar-refractivity contribution in [3.05, 3.63) is 64.7 Å². The lowest BCUT2D eigenvalue weighted by atomic mass is 10.0. The molecule has 100 valence electrons. The van der Waals surface area contributed by atoms with Crippen LogP contribution in [0.4, 0.5) is 5.69 Å². The van der Waals surface area contributed by atoms with Crippen LogP contribution in [-0.2, 0) is 9.53 Å². The Bertz CT molecular complexity index is 704. The van der Waals surface area contributed by atoms with Crippen molar-refractivity contribution in [1.82, 2.24) is 0 Å². The fourth-order valence-corrected chi connectivity index (χ4v) is 2.26. The van der Waals surface area contributed by atoms with Crippen LogP contribution in [-0.4, -0.2) is 12.2 Å². The Balaban J connectivity index is 2.09. The van der Waals surface area contributed by atoms with E-state index in [0.717, 1.165) is 23.1 Å². The number of rotatable bonds is 2. The van der Waals surface area contributed by atoms with Crippen LogP contribution in [0.2, 0.25) is 0 Å². The van der Waals surface area contributed by atoms with Gasteiger partial charge >= 0.3 is 0 Å². The molecule has 0 bridgehead atoms. The van der Waals surface area contributed by atoms with E-state index in [9.17, 15) is 4.79 Å². The molecular weight excluding hydrogens is 250 g/mol. The maximum Gasteiger partial charge on any atom is 0.222 e. The second-order valence-electron chi connectivity index (χ2n) is 4.95. The molecule has 0 N–H and O–H groups in total. The summed E-state index contributed by atoms with van der Waals surface area (Å²) in [5, 5.41) is 0. The van der Waals surface area contributed by atoms with Gasteiger partial charge in [0.05, 0.1) is 5.69 Å². The van der Waals surface area contributed by atoms with Gasteiger partial charge < -0.3 is 4.74 Å². The monoisotopic (exact) mass is 265 g/mol. The molecule has 20 heavy (non-hydrogen) atoms. The largest absolute Gasteiger partial charge is 0.461 e. The van der Waals surface area contributed by atoms with E-state index in [2.05, 4.69) is 11.9 Å². The summed E-state index contributed by atoms with van der Waals surface area (Å²) >= 11 is 0. The van der Waals surface area contributed by atoms with Crippen LogP contribution in [0.3, 0.4) is 0 Å². The van der Waals surface area contributed by atoms with Crippen LogP contribution in [0.5, 0.6) is 0 Å². The minimum Gasteiger partial charge on any atom is -0.461 e. The van der Waals surface area contributed by atoms with Gasteiger partial charge in [-0.3, -0.25) is 4.79 Å². The summed E-state index contributed by atoms with van der Waals surface area (Å²) in [6, 6.07) is 13.6. The molecule has 0 amide bonds. The molecule has 3 nitrogen and oxygen atoms in total. The normalized spacial score (nSPS) is 16.9. The number of nitrogens with zero attached hydrogens (tertiary/aromatic N) is 1. The summed E-state index contributed by atoms with van der Waals surface area (Å²) in [5.74, 6) is 0.504. The summed E-state index contributed by atoms with van der Waals surface area (Å²) < 4.78 is 5.72. The van der Waals surface area contributed by atoms with E-state index in [4.69, 9.17) is 4.74 Å². The van der Waals surface area contributed by atoms with Crippen molar-refractivity contribution in [2.45, 2.75) is 20.0 Å². The topological polar surface area (TPSA) is 38.7 Å². The number of ether oxygens (including phenoxy) is 1. The van der Waals surface area contributed by atoms with Crippen molar-refractivity contribution in [2.24, 2.45) is 4.99 Å². The summed E-state index contributed by atoms with van der Waals surface area (Å²) in [5.41, 5.74) is 4.90. The van der Waals surface area contributed by atoms with Crippen LogP contribution in [0.1, 0.15) is 28.4 Å². The molecular formula is C17H15NO2. The molecule has 0 aromatic heterocycles. The maximum absolute atomic E-state index is 11.2. The summed E-state index contributed by atoms with van der Waals surface area (Å²) in [6.07, 6.45) is 0.231. The van der Waals surface area contributed by atoms with Gasteiger partial charge in [0.2, 0.25) is 5.90 Å². The molecule has 0 aliphatic carbocycles. The standard InChI is InChI=1S/C17H15NO2/c1-11-7-8-13(9-12(11)2)17-18-15-6-4-3-5-14(15)16(10-19)20-17/h3-10,16H,1-2H3. The Morgan fingerprint density at radius 3 is 2.65 bits per heavy atom. The smallest absolute Gasteiger partial charge is 0.222 e. The van der Waals surface area contributed by atoms with E-state index in [-0.39, 0.29) is 0 Å². The molecule has 0 radical (unpaired) electrons. The van der Waals surface area contributed by atoms with E-state index < -0.39 is 6.10 Å². The van der Waals surface area contributed by atoms with Gasteiger partial charge in [-0.1, -0.05) is 24.3 Å². The Labute approximate surface area is 117 Å². The van der Waals surface area contributed by atoms with Crippen LogP contribution in [0.15, 0.2) is 47.5 Å². The summed E-state index contributed by atoms with van der Waals surface area (Å²) in [7, 11) is 0. The van der Waals surface area contributed by atoms with Gasteiger partial charge in [-0.05, 0) is 43.2 Å². The van der Waals surface area contributed by atoms with E-state index in [0.29, 0.717) is 5.90 Å². The van der Waals surface area contributed by atoms with Crippen molar-refractivity contribution < 1.29 is 9.53 Å². The molecule has 0 saturated carbocycles. The predicted octanol–water partition coefficient (Wildman–Crippen LogP) is 3.65. The lowest BCUT2D eigenvalue weighted by Gasteiger charge is -2.22. The molecule has 1 heterocycles. The molecule has 3 heteroatoms. The van der Waals surface area contributed by atoms with Crippen molar-refractivity contribution >= 4 is 17.9 Å². The molecule has 0 fully saturated rings. The predicted molar refractivity (Wildman–Crippen MR) is 78.4 cm³/mol. The lowest BCUT2D eigenvalue weighted by Crippen LogP contribution is -2.17. The third kappa shape index (κ3) is 2.11. The maximum atomic E-state index is 11.2. The fraction of sp³-hybridized carbons (Fsp3) is 0.176. The quantitative estimate of drug-likeness (QED) is 0.777. The summed E-state index contributed by atoms with van der Waals surface area (Å²) in [4.78, 5) is 15.8. The molecule has 0 saturated heterocycles. The number of para-hydroxylation sites is 1. The number of fused-ring (bicyclic) bond motifs is 1. The molecule has 1 unspecified atom stereocenters. The highest BCUT2D eigenvalue weighted by Crippen LogP contribution is 2.33. The minimum atomic E-state index is -0.583. The first kappa shape index (κ1) is 12.6. The van der Waals surface area contributed by atoms with Crippen LogP contribution < -0.4 is 0 Å². The fourth-order valence-electron chi connectivity index (χ4n) is 2.26. The molecule has 1 aliphatic heterocycles. The second kappa shape index (κ2) is 4.93. The lowest BCUT2D eigenvalue weighted by molar-refractivity contribution is -0.114. The van der Waals surface area contributed by atoms with Gasteiger partial charge in [0.1, 0.15) is 0 Å². The zero-order chi connectivity index (χ0) is 14.1. The number of hydrogen-bond acceptors (Lipinski definition) is 3. The van der Waals surface area contributed by atoms with Crippen LogP contribution in [0, 0.1) is 13.8 Å². The van der Waals surface area contributed by atoms with Gasteiger partial charge in [-0.2, -0.15) is 0 Å². The average Bonchev–Trinajstić information content (AvgIpc) is 2.49. The van der Waals surface area contributed by atoms with Crippen LogP contribution in [0.25, 0.3) is 0 Å². The minimum absolute atomic E-state index is 0.504. The highest BCUT2D eigenvalue weighted by Gasteiger charge is 2.23.